The molecule has 0 aromatic carbocycles. The number of rotatable bonds is 8. The Labute approximate surface area is 111 Å². The number of ether oxygens (including phenoxy) is 1. The summed E-state index contributed by atoms with van der Waals surface area (Å²) >= 11 is 0. The van der Waals surface area contributed by atoms with Crippen LogP contribution in [0.4, 0.5) is 0 Å². The molecule has 0 amide bonds. The fourth-order valence-corrected chi connectivity index (χ4v) is 1.73. The maximum absolute atomic E-state index is 12.0. The Balaban J connectivity index is 4.46. The zero-order valence-electron chi connectivity index (χ0n) is 12.5. The summed E-state index contributed by atoms with van der Waals surface area (Å²) in [5, 5.41) is 0. The summed E-state index contributed by atoms with van der Waals surface area (Å²) < 4.78 is 5.26. The van der Waals surface area contributed by atoms with Gasteiger partial charge >= 0.3 is 5.97 Å². The normalized spacial score (nSPS) is 14.7. The zero-order valence-corrected chi connectivity index (χ0v) is 12.5. The van der Waals surface area contributed by atoms with E-state index in [-0.39, 0.29) is 17.8 Å². The number of hydrogen-bond acceptors (Lipinski definition) is 4. The first-order chi connectivity index (χ1) is 8.29. The van der Waals surface area contributed by atoms with E-state index in [0.717, 1.165) is 12.8 Å². The van der Waals surface area contributed by atoms with E-state index in [1.807, 2.05) is 25.9 Å². The monoisotopic (exact) mass is 257 g/mol. The average Bonchev–Trinajstić information content (AvgIpc) is 2.25. The molecule has 0 aliphatic heterocycles. The molecule has 0 aliphatic carbocycles. The van der Waals surface area contributed by atoms with Gasteiger partial charge in [-0.15, -0.1) is 0 Å². The van der Waals surface area contributed by atoms with Crippen LogP contribution in [0.3, 0.4) is 0 Å². The Hall–Kier alpha value is -0.900. The third kappa shape index (κ3) is 6.15. The molecule has 2 unspecified atom stereocenters. The van der Waals surface area contributed by atoms with Crippen LogP contribution in [0, 0.1) is 5.92 Å². The lowest BCUT2D eigenvalue weighted by molar-refractivity contribution is -0.159. The van der Waals surface area contributed by atoms with Crippen LogP contribution in [0.1, 0.15) is 47.0 Å². The molecule has 0 aliphatic rings. The van der Waals surface area contributed by atoms with Crippen LogP contribution in [0.5, 0.6) is 0 Å². The topological polar surface area (TPSA) is 46.6 Å². The highest BCUT2D eigenvalue weighted by Crippen LogP contribution is 2.12. The average molecular weight is 257 g/mol. The second-order valence-electron chi connectivity index (χ2n) is 5.40. The van der Waals surface area contributed by atoms with Gasteiger partial charge in [-0.3, -0.25) is 14.5 Å². The van der Waals surface area contributed by atoms with Crippen molar-refractivity contribution in [2.75, 3.05) is 14.1 Å². The molecular weight excluding hydrogens is 230 g/mol. The first kappa shape index (κ1) is 17.1. The quantitative estimate of drug-likeness (QED) is 0.626. The summed E-state index contributed by atoms with van der Waals surface area (Å²) in [6.07, 6.45) is 1.35. The second kappa shape index (κ2) is 8.25. The van der Waals surface area contributed by atoms with Crippen molar-refractivity contribution in [2.24, 2.45) is 5.92 Å². The highest BCUT2D eigenvalue weighted by Gasteiger charge is 2.26. The van der Waals surface area contributed by atoms with Crippen molar-refractivity contribution in [3.05, 3.63) is 0 Å². The highest BCUT2D eigenvalue weighted by molar-refractivity contribution is 5.86. The van der Waals surface area contributed by atoms with E-state index < -0.39 is 6.10 Å². The minimum absolute atomic E-state index is 0.00657. The number of hydrogen-bond donors (Lipinski definition) is 0. The highest BCUT2D eigenvalue weighted by atomic mass is 16.5. The maximum Gasteiger partial charge on any atom is 0.324 e. The molecule has 0 rings (SSSR count). The first-order valence-corrected chi connectivity index (χ1v) is 6.69. The molecule has 2 atom stereocenters. The fourth-order valence-electron chi connectivity index (χ4n) is 1.73. The SMILES string of the molecule is CCCC(=O)C(C)OC(=O)C(CC(C)C)N(C)C. The summed E-state index contributed by atoms with van der Waals surface area (Å²) in [4.78, 5) is 25.5. The number of carbonyl (C=O) groups excluding carboxylic acids is 2. The molecule has 0 saturated heterocycles. The van der Waals surface area contributed by atoms with Crippen molar-refractivity contribution in [1.29, 1.82) is 0 Å². The lowest BCUT2D eigenvalue weighted by Gasteiger charge is -2.25. The molecule has 0 fully saturated rings. The van der Waals surface area contributed by atoms with E-state index in [4.69, 9.17) is 4.74 Å². The van der Waals surface area contributed by atoms with Gasteiger partial charge < -0.3 is 4.74 Å². The Morgan fingerprint density at radius 2 is 1.72 bits per heavy atom. The van der Waals surface area contributed by atoms with Crippen molar-refractivity contribution in [2.45, 2.75) is 59.1 Å². The van der Waals surface area contributed by atoms with Gasteiger partial charge in [-0.1, -0.05) is 20.8 Å². The number of likely N-dealkylation sites (N-methyl/N-ethyl adjacent to an activating group) is 1. The van der Waals surface area contributed by atoms with E-state index in [1.165, 1.54) is 0 Å². The second-order valence-corrected chi connectivity index (χ2v) is 5.40. The molecule has 0 spiro atoms. The summed E-state index contributed by atoms with van der Waals surface area (Å²) in [5.74, 6) is 0.102. The van der Waals surface area contributed by atoms with Crippen LogP contribution in [0.25, 0.3) is 0 Å². The molecule has 0 aromatic rings. The molecule has 0 aromatic heterocycles. The van der Waals surface area contributed by atoms with Crippen LogP contribution >= 0.6 is 0 Å². The van der Waals surface area contributed by atoms with Crippen LogP contribution in [0.15, 0.2) is 0 Å². The Morgan fingerprint density at radius 3 is 2.11 bits per heavy atom. The number of carbonyl (C=O) groups is 2. The Morgan fingerprint density at radius 1 is 1.17 bits per heavy atom. The predicted octanol–water partition coefficient (Wildman–Crippen LogP) is 2.26. The van der Waals surface area contributed by atoms with Gasteiger partial charge in [-0.2, -0.15) is 0 Å². The van der Waals surface area contributed by atoms with Gasteiger partial charge in [0, 0.05) is 6.42 Å². The molecule has 18 heavy (non-hydrogen) atoms. The van der Waals surface area contributed by atoms with Crippen LogP contribution in [-0.2, 0) is 14.3 Å². The van der Waals surface area contributed by atoms with Crippen LogP contribution in [0.2, 0.25) is 0 Å². The van der Waals surface area contributed by atoms with Crippen LogP contribution < -0.4 is 0 Å². The third-order valence-corrected chi connectivity index (χ3v) is 2.83. The van der Waals surface area contributed by atoms with Gasteiger partial charge in [0.1, 0.15) is 6.04 Å². The molecule has 4 nitrogen and oxygen atoms in total. The number of nitrogens with zero attached hydrogens (tertiary/aromatic N) is 1. The largest absolute Gasteiger partial charge is 0.453 e. The van der Waals surface area contributed by atoms with Gasteiger partial charge in [-0.25, -0.2) is 0 Å². The van der Waals surface area contributed by atoms with Crippen molar-refractivity contribution in [3.63, 3.8) is 0 Å². The smallest absolute Gasteiger partial charge is 0.324 e. The summed E-state index contributed by atoms with van der Waals surface area (Å²) in [5.41, 5.74) is 0. The minimum atomic E-state index is -0.632. The number of Topliss-reactive ketones (excluding diaryl/α,β-unsaturated/α-hetero) is 1. The maximum atomic E-state index is 12.0. The van der Waals surface area contributed by atoms with Crippen molar-refractivity contribution in [3.8, 4) is 0 Å². The molecule has 0 bridgehead atoms. The molecule has 0 heterocycles. The van der Waals surface area contributed by atoms with Crippen molar-refractivity contribution >= 4 is 11.8 Å². The summed E-state index contributed by atoms with van der Waals surface area (Å²) in [6, 6.07) is -0.276. The van der Waals surface area contributed by atoms with Gasteiger partial charge in [0.25, 0.3) is 0 Å². The van der Waals surface area contributed by atoms with Crippen molar-refractivity contribution in [1.82, 2.24) is 4.90 Å². The molecule has 106 valence electrons. The molecule has 4 heteroatoms. The number of ketones is 1. The van der Waals surface area contributed by atoms with Gasteiger partial charge in [-0.05, 0) is 39.8 Å². The zero-order chi connectivity index (χ0) is 14.3. The lowest BCUT2D eigenvalue weighted by Crippen LogP contribution is -2.40. The first-order valence-electron chi connectivity index (χ1n) is 6.69. The summed E-state index contributed by atoms with van der Waals surface area (Å²) in [6.45, 7) is 7.72. The fraction of sp³-hybridized carbons (Fsp3) is 0.857. The lowest BCUT2D eigenvalue weighted by atomic mass is 10.0. The van der Waals surface area contributed by atoms with E-state index in [2.05, 4.69) is 13.8 Å². The molecule has 0 N–H and O–H groups in total. The van der Waals surface area contributed by atoms with E-state index >= 15 is 0 Å². The van der Waals surface area contributed by atoms with Gasteiger partial charge in [0.05, 0.1) is 0 Å². The number of esters is 1. The van der Waals surface area contributed by atoms with E-state index in [0.29, 0.717) is 12.3 Å². The van der Waals surface area contributed by atoms with E-state index in [1.54, 1.807) is 6.92 Å². The Bertz CT molecular complexity index is 274. The minimum Gasteiger partial charge on any atom is -0.453 e. The molecule has 0 radical (unpaired) electrons. The van der Waals surface area contributed by atoms with Gasteiger partial charge in [0.2, 0.25) is 0 Å². The van der Waals surface area contributed by atoms with Gasteiger partial charge in [0.15, 0.2) is 11.9 Å². The Kier molecular flexibility index (Phi) is 7.83. The van der Waals surface area contributed by atoms with E-state index in [9.17, 15) is 9.59 Å². The standard InChI is InChI=1S/C14H27NO3/c1-7-8-13(16)11(4)18-14(17)12(15(5)6)9-10(2)3/h10-12H,7-9H2,1-6H3. The van der Waals surface area contributed by atoms with Crippen molar-refractivity contribution < 1.29 is 14.3 Å². The predicted molar refractivity (Wildman–Crippen MR) is 72.4 cm³/mol. The molecule has 0 saturated carbocycles. The summed E-state index contributed by atoms with van der Waals surface area (Å²) in [7, 11) is 3.71. The third-order valence-electron chi connectivity index (χ3n) is 2.83. The molecular formula is C14H27NO3. The van der Waals surface area contributed by atoms with Crippen LogP contribution in [-0.4, -0.2) is 42.9 Å².